The molecule has 0 aromatic heterocycles. The Hall–Kier alpha value is -0.0800. The van der Waals surface area contributed by atoms with Gasteiger partial charge in [-0.3, -0.25) is 0 Å². The first-order valence-corrected chi connectivity index (χ1v) is 5.02. The van der Waals surface area contributed by atoms with Crippen LogP contribution in [0.15, 0.2) is 0 Å². The van der Waals surface area contributed by atoms with Crippen LogP contribution in [-0.2, 0) is 0 Å². The molecule has 1 saturated heterocycles. The molecule has 0 aromatic rings. The van der Waals surface area contributed by atoms with Crippen molar-refractivity contribution in [1.29, 1.82) is 0 Å². The highest BCUT2D eigenvalue weighted by atomic mass is 15.3. The van der Waals surface area contributed by atoms with Gasteiger partial charge in [-0.1, -0.05) is 13.8 Å². The van der Waals surface area contributed by atoms with E-state index in [9.17, 15) is 0 Å². The van der Waals surface area contributed by atoms with E-state index in [1.54, 1.807) is 0 Å². The van der Waals surface area contributed by atoms with E-state index < -0.39 is 0 Å². The number of likely N-dealkylation sites (N-methyl/N-ethyl adjacent to an activating group) is 1. The molecule has 0 aliphatic carbocycles. The fourth-order valence-electron chi connectivity index (χ4n) is 1.81. The molecule has 0 N–H and O–H groups in total. The zero-order valence-electron chi connectivity index (χ0n) is 8.88. The van der Waals surface area contributed by atoms with Crippen LogP contribution in [0.1, 0.15) is 20.8 Å². The maximum Gasteiger partial charge on any atom is 0.0192 e. The molecule has 1 aliphatic heterocycles. The summed E-state index contributed by atoms with van der Waals surface area (Å²) in [6.07, 6.45) is 0. The molecule has 2 heteroatoms. The average molecular weight is 170 g/mol. The highest BCUT2D eigenvalue weighted by Gasteiger charge is 2.20. The molecule has 0 spiro atoms. The number of piperazine rings is 1. The Kier molecular flexibility index (Phi) is 3.53. The van der Waals surface area contributed by atoms with Gasteiger partial charge in [0.1, 0.15) is 0 Å². The van der Waals surface area contributed by atoms with Crippen LogP contribution in [0.4, 0.5) is 0 Å². The SMILES string of the molecule is CC(C)CN1CCN(C)[C@@H](C)C1. The first-order valence-electron chi connectivity index (χ1n) is 5.02. The molecule has 1 rings (SSSR count). The fraction of sp³-hybridized carbons (Fsp3) is 1.00. The number of hydrogen-bond donors (Lipinski definition) is 0. The second-order valence-electron chi connectivity index (χ2n) is 4.48. The Labute approximate surface area is 76.5 Å². The van der Waals surface area contributed by atoms with Crippen LogP contribution in [0, 0.1) is 5.92 Å². The van der Waals surface area contributed by atoms with Crippen molar-refractivity contribution in [2.75, 3.05) is 33.2 Å². The molecule has 0 radical (unpaired) electrons. The molecule has 2 nitrogen and oxygen atoms in total. The summed E-state index contributed by atoms with van der Waals surface area (Å²) < 4.78 is 0. The van der Waals surface area contributed by atoms with E-state index in [2.05, 4.69) is 37.6 Å². The monoisotopic (exact) mass is 170 g/mol. The molecule has 12 heavy (non-hydrogen) atoms. The zero-order valence-corrected chi connectivity index (χ0v) is 8.88. The Morgan fingerprint density at radius 3 is 2.50 bits per heavy atom. The normalized spacial score (nSPS) is 28.2. The zero-order chi connectivity index (χ0) is 9.14. The number of nitrogens with zero attached hydrogens (tertiary/aromatic N) is 2. The van der Waals surface area contributed by atoms with Gasteiger partial charge in [0.25, 0.3) is 0 Å². The summed E-state index contributed by atoms with van der Waals surface area (Å²) >= 11 is 0. The van der Waals surface area contributed by atoms with Gasteiger partial charge >= 0.3 is 0 Å². The van der Waals surface area contributed by atoms with E-state index in [0.29, 0.717) is 0 Å². The molecule has 1 fully saturated rings. The smallest absolute Gasteiger partial charge is 0.0192 e. The Balaban J connectivity index is 2.30. The van der Waals surface area contributed by atoms with Gasteiger partial charge in [0.2, 0.25) is 0 Å². The van der Waals surface area contributed by atoms with Gasteiger partial charge in [-0.2, -0.15) is 0 Å². The Bertz CT molecular complexity index is 134. The Morgan fingerprint density at radius 2 is 2.00 bits per heavy atom. The second kappa shape index (κ2) is 4.24. The second-order valence-corrected chi connectivity index (χ2v) is 4.48. The van der Waals surface area contributed by atoms with Gasteiger partial charge in [-0.25, -0.2) is 0 Å². The lowest BCUT2D eigenvalue weighted by Crippen LogP contribution is -2.50. The van der Waals surface area contributed by atoms with Crippen molar-refractivity contribution in [3.63, 3.8) is 0 Å². The molecular weight excluding hydrogens is 148 g/mol. The van der Waals surface area contributed by atoms with E-state index in [0.717, 1.165) is 12.0 Å². The summed E-state index contributed by atoms with van der Waals surface area (Å²) in [5.41, 5.74) is 0. The number of hydrogen-bond acceptors (Lipinski definition) is 2. The molecule has 0 unspecified atom stereocenters. The van der Waals surface area contributed by atoms with Crippen molar-refractivity contribution in [2.24, 2.45) is 5.92 Å². The van der Waals surface area contributed by atoms with Gasteiger partial charge in [0.05, 0.1) is 0 Å². The predicted molar refractivity (Wildman–Crippen MR) is 53.4 cm³/mol. The van der Waals surface area contributed by atoms with Crippen LogP contribution in [0.2, 0.25) is 0 Å². The van der Waals surface area contributed by atoms with Gasteiger partial charge in [-0.05, 0) is 19.9 Å². The minimum Gasteiger partial charge on any atom is -0.301 e. The van der Waals surface area contributed by atoms with E-state index >= 15 is 0 Å². The summed E-state index contributed by atoms with van der Waals surface area (Å²) in [6, 6.07) is 0.734. The van der Waals surface area contributed by atoms with E-state index in [4.69, 9.17) is 0 Å². The van der Waals surface area contributed by atoms with E-state index in [-0.39, 0.29) is 0 Å². The molecule has 0 bridgehead atoms. The lowest BCUT2D eigenvalue weighted by molar-refractivity contribution is 0.0963. The third-order valence-electron chi connectivity index (χ3n) is 2.67. The standard InChI is InChI=1S/C10H22N2/c1-9(2)7-12-6-5-11(4)10(3)8-12/h9-10H,5-8H2,1-4H3/t10-/m0/s1. The quantitative estimate of drug-likeness (QED) is 0.616. The fourth-order valence-corrected chi connectivity index (χ4v) is 1.81. The molecule has 0 saturated carbocycles. The molecule has 1 atom stereocenters. The van der Waals surface area contributed by atoms with Crippen molar-refractivity contribution in [1.82, 2.24) is 9.80 Å². The van der Waals surface area contributed by atoms with Crippen molar-refractivity contribution >= 4 is 0 Å². The summed E-state index contributed by atoms with van der Waals surface area (Å²) in [4.78, 5) is 5.02. The van der Waals surface area contributed by atoms with Gasteiger partial charge in [0, 0.05) is 32.2 Å². The summed E-state index contributed by atoms with van der Waals surface area (Å²) in [5.74, 6) is 0.806. The summed E-state index contributed by atoms with van der Waals surface area (Å²) in [7, 11) is 2.22. The van der Waals surface area contributed by atoms with Crippen LogP contribution in [0.5, 0.6) is 0 Å². The van der Waals surface area contributed by atoms with Crippen LogP contribution in [-0.4, -0.2) is 49.1 Å². The van der Waals surface area contributed by atoms with Crippen LogP contribution >= 0.6 is 0 Å². The van der Waals surface area contributed by atoms with Gasteiger partial charge < -0.3 is 9.80 Å². The van der Waals surface area contributed by atoms with Gasteiger partial charge in [0.15, 0.2) is 0 Å². The van der Waals surface area contributed by atoms with Crippen molar-refractivity contribution in [2.45, 2.75) is 26.8 Å². The molecule has 1 aliphatic rings. The first kappa shape index (κ1) is 10.0. The van der Waals surface area contributed by atoms with Crippen molar-refractivity contribution in [3.8, 4) is 0 Å². The third kappa shape index (κ3) is 2.76. The van der Waals surface area contributed by atoms with Crippen LogP contribution in [0.25, 0.3) is 0 Å². The largest absolute Gasteiger partial charge is 0.301 e. The molecule has 1 heterocycles. The minimum atomic E-state index is 0.734. The van der Waals surface area contributed by atoms with E-state index in [1.807, 2.05) is 0 Å². The van der Waals surface area contributed by atoms with Crippen LogP contribution < -0.4 is 0 Å². The minimum absolute atomic E-state index is 0.734. The lowest BCUT2D eigenvalue weighted by Gasteiger charge is -2.38. The van der Waals surface area contributed by atoms with Crippen molar-refractivity contribution in [3.05, 3.63) is 0 Å². The topological polar surface area (TPSA) is 6.48 Å². The molecule has 72 valence electrons. The maximum atomic E-state index is 2.58. The predicted octanol–water partition coefficient (Wildman–Crippen LogP) is 1.28. The average Bonchev–Trinajstić information content (AvgIpc) is 1.96. The van der Waals surface area contributed by atoms with Crippen LogP contribution in [0.3, 0.4) is 0 Å². The Morgan fingerprint density at radius 1 is 1.33 bits per heavy atom. The van der Waals surface area contributed by atoms with E-state index in [1.165, 1.54) is 26.2 Å². The number of rotatable bonds is 2. The van der Waals surface area contributed by atoms with Crippen molar-refractivity contribution < 1.29 is 0 Å². The molecule has 0 amide bonds. The maximum absolute atomic E-state index is 2.58. The van der Waals surface area contributed by atoms with Gasteiger partial charge in [-0.15, -0.1) is 0 Å². The highest BCUT2D eigenvalue weighted by molar-refractivity contribution is 4.76. The lowest BCUT2D eigenvalue weighted by atomic mass is 10.1. The highest BCUT2D eigenvalue weighted by Crippen LogP contribution is 2.08. The first-order chi connectivity index (χ1) is 5.59. The third-order valence-corrected chi connectivity index (χ3v) is 2.67. The summed E-state index contributed by atoms with van der Waals surface area (Å²) in [5, 5.41) is 0. The summed E-state index contributed by atoms with van der Waals surface area (Å²) in [6.45, 7) is 11.9. The molecule has 0 aromatic carbocycles. The molecular formula is C10H22N2.